The van der Waals surface area contributed by atoms with Crippen molar-refractivity contribution in [3.8, 4) is 0 Å². The highest BCUT2D eigenvalue weighted by Crippen LogP contribution is 1.92. The minimum atomic E-state index is -1.18. The van der Waals surface area contributed by atoms with Crippen molar-refractivity contribution in [2.45, 2.75) is 6.92 Å². The largest absolute Gasteiger partial charge is 0.480 e. The fraction of sp³-hybridized carbons (Fsp3) is 0.375. The number of rotatable bonds is 5. The van der Waals surface area contributed by atoms with Crippen LogP contribution in [0.4, 0.5) is 0 Å². The fourth-order valence-corrected chi connectivity index (χ4v) is 0.701. The van der Waals surface area contributed by atoms with E-state index in [1.165, 1.54) is 6.92 Å². The molecule has 0 heterocycles. The summed E-state index contributed by atoms with van der Waals surface area (Å²) in [4.78, 5) is 32.7. The van der Waals surface area contributed by atoms with Gasteiger partial charge in [-0.15, -0.1) is 0 Å². The Balaban J connectivity index is 3.99. The van der Waals surface area contributed by atoms with Crippen LogP contribution in [0.5, 0.6) is 0 Å². The molecule has 0 fully saturated rings. The molecule has 0 aromatic heterocycles. The number of hydrogen-bond acceptors (Lipinski definition) is 4. The second kappa shape index (κ2) is 5.87. The first-order valence-electron chi connectivity index (χ1n) is 3.73. The van der Waals surface area contributed by atoms with Gasteiger partial charge in [0.2, 0.25) is 5.91 Å². The lowest BCUT2D eigenvalue weighted by atomic mass is 10.5. The van der Waals surface area contributed by atoms with Gasteiger partial charge in [-0.25, -0.2) is 4.79 Å². The summed E-state index contributed by atoms with van der Waals surface area (Å²) in [7, 11) is 0. The molecule has 0 aliphatic rings. The molecule has 0 aliphatic carbocycles. The van der Waals surface area contributed by atoms with Crippen LogP contribution in [0.3, 0.4) is 0 Å². The van der Waals surface area contributed by atoms with E-state index in [2.05, 4.69) is 11.3 Å². The Hall–Kier alpha value is -1.69. The van der Waals surface area contributed by atoms with Crippen LogP contribution in [0, 0.1) is 0 Å². The first-order chi connectivity index (χ1) is 6.49. The fourth-order valence-electron chi connectivity index (χ4n) is 0.701. The van der Waals surface area contributed by atoms with Crippen molar-refractivity contribution in [1.82, 2.24) is 4.90 Å². The third kappa shape index (κ3) is 4.36. The van der Waals surface area contributed by atoms with Gasteiger partial charge in [0.25, 0.3) is 5.91 Å². The minimum Gasteiger partial charge on any atom is -0.480 e. The zero-order chi connectivity index (χ0) is 11.1. The van der Waals surface area contributed by atoms with Crippen LogP contribution in [0.25, 0.3) is 0 Å². The van der Waals surface area contributed by atoms with Crippen molar-refractivity contribution < 1.29 is 24.2 Å². The van der Waals surface area contributed by atoms with E-state index < -0.39 is 31.0 Å². The molecule has 0 atom stereocenters. The molecule has 0 aromatic carbocycles. The molecule has 0 spiro atoms. The van der Waals surface area contributed by atoms with Gasteiger partial charge >= 0.3 is 5.97 Å². The molecular formula is C8H11NO5. The van der Waals surface area contributed by atoms with E-state index in [4.69, 9.17) is 5.11 Å². The summed E-state index contributed by atoms with van der Waals surface area (Å²) in [6, 6.07) is 0. The van der Waals surface area contributed by atoms with Gasteiger partial charge in [-0.3, -0.25) is 14.5 Å². The molecule has 6 nitrogen and oxygen atoms in total. The molecule has 2 amide bonds. The average Bonchev–Trinajstić information content (AvgIpc) is 2.03. The zero-order valence-corrected chi connectivity index (χ0v) is 7.73. The molecule has 0 aliphatic heterocycles. The van der Waals surface area contributed by atoms with Gasteiger partial charge in [-0.05, 0) is 0 Å². The smallest absolute Gasteiger partial charge is 0.329 e. The molecule has 0 radical (unpaired) electrons. The normalized spacial score (nSPS) is 9.21. The van der Waals surface area contributed by atoms with E-state index >= 15 is 0 Å². The second-order valence-corrected chi connectivity index (χ2v) is 2.35. The molecule has 78 valence electrons. The third-order valence-corrected chi connectivity index (χ3v) is 1.24. The number of carbonyl (C=O) groups is 3. The second-order valence-electron chi connectivity index (χ2n) is 2.35. The highest BCUT2D eigenvalue weighted by molar-refractivity contribution is 5.95. The molecule has 0 saturated heterocycles. The average molecular weight is 201 g/mol. The van der Waals surface area contributed by atoms with Crippen molar-refractivity contribution in [3.63, 3.8) is 0 Å². The summed E-state index contributed by atoms with van der Waals surface area (Å²) in [5.74, 6) is -2.32. The maximum Gasteiger partial charge on any atom is 0.329 e. The summed E-state index contributed by atoms with van der Waals surface area (Å²) < 4.78 is 4.50. The summed E-state index contributed by atoms with van der Waals surface area (Å²) in [6.45, 7) is 3.41. The van der Waals surface area contributed by atoms with Crippen molar-refractivity contribution in [1.29, 1.82) is 0 Å². The van der Waals surface area contributed by atoms with E-state index in [0.29, 0.717) is 0 Å². The third-order valence-electron chi connectivity index (χ3n) is 1.24. The van der Waals surface area contributed by atoms with E-state index in [-0.39, 0.29) is 0 Å². The van der Waals surface area contributed by atoms with Crippen LogP contribution >= 0.6 is 0 Å². The molecule has 6 heteroatoms. The molecule has 0 unspecified atom stereocenters. The number of amides is 2. The lowest BCUT2D eigenvalue weighted by Gasteiger charge is -2.12. The van der Waals surface area contributed by atoms with Crippen LogP contribution in [-0.2, 0) is 19.1 Å². The van der Waals surface area contributed by atoms with E-state index in [1.807, 2.05) is 0 Å². The monoisotopic (exact) mass is 201 g/mol. The van der Waals surface area contributed by atoms with Crippen molar-refractivity contribution in [2.75, 3.05) is 13.2 Å². The molecule has 1 N–H and O–H groups in total. The summed E-state index contributed by atoms with van der Waals surface area (Å²) >= 11 is 0. The molecule has 0 bridgehead atoms. The van der Waals surface area contributed by atoms with Crippen molar-refractivity contribution in [3.05, 3.63) is 12.8 Å². The Morgan fingerprint density at radius 3 is 2.36 bits per heavy atom. The highest BCUT2D eigenvalue weighted by Gasteiger charge is 2.14. The Bertz CT molecular complexity index is 260. The molecular weight excluding hydrogens is 190 g/mol. The standard InChI is InChI=1S/C8H11NO5/c1-3-9(6(2)10)7(11)4-14-5-8(12)13/h3H,1,4-5H2,2H3,(H,12,13). The van der Waals surface area contributed by atoms with Crippen molar-refractivity contribution >= 4 is 17.8 Å². The number of aliphatic carboxylic acids is 1. The molecule has 0 aromatic rings. The quantitative estimate of drug-likeness (QED) is 0.654. The predicted octanol–water partition coefficient (Wildman–Crippen LogP) is -0.394. The van der Waals surface area contributed by atoms with Gasteiger partial charge in [-0.2, -0.15) is 0 Å². The SMILES string of the molecule is C=CN(C(C)=O)C(=O)COCC(=O)O. The van der Waals surface area contributed by atoms with E-state index in [9.17, 15) is 14.4 Å². The number of nitrogens with zero attached hydrogens (tertiary/aromatic N) is 1. The summed E-state index contributed by atoms with van der Waals surface area (Å²) in [5, 5.41) is 8.19. The van der Waals surface area contributed by atoms with E-state index in [0.717, 1.165) is 11.1 Å². The highest BCUT2D eigenvalue weighted by atomic mass is 16.5. The van der Waals surface area contributed by atoms with Crippen LogP contribution < -0.4 is 0 Å². The summed E-state index contributed by atoms with van der Waals surface area (Å²) in [6.07, 6.45) is 1.05. The number of carbonyl (C=O) groups excluding carboxylic acids is 2. The molecule has 0 rings (SSSR count). The zero-order valence-electron chi connectivity index (χ0n) is 7.73. The van der Waals surface area contributed by atoms with Crippen LogP contribution in [0.15, 0.2) is 12.8 Å². The Morgan fingerprint density at radius 2 is 2.00 bits per heavy atom. The first-order valence-corrected chi connectivity index (χ1v) is 3.73. The van der Waals surface area contributed by atoms with Crippen LogP contribution in [0.2, 0.25) is 0 Å². The van der Waals surface area contributed by atoms with Crippen LogP contribution in [0.1, 0.15) is 6.92 Å². The maximum atomic E-state index is 11.1. The van der Waals surface area contributed by atoms with Gasteiger partial charge in [0.05, 0.1) is 0 Å². The maximum absolute atomic E-state index is 11.1. The first kappa shape index (κ1) is 12.3. The van der Waals surface area contributed by atoms with Crippen molar-refractivity contribution in [2.24, 2.45) is 0 Å². The number of ether oxygens (including phenoxy) is 1. The minimum absolute atomic E-state index is 0.460. The number of carboxylic acids is 1. The van der Waals surface area contributed by atoms with Gasteiger partial charge in [0.1, 0.15) is 13.2 Å². The van der Waals surface area contributed by atoms with Gasteiger partial charge in [0, 0.05) is 13.1 Å². The molecule has 0 saturated carbocycles. The number of imide groups is 1. The lowest BCUT2D eigenvalue weighted by Crippen LogP contribution is -2.33. The Kier molecular flexibility index (Phi) is 5.16. The van der Waals surface area contributed by atoms with Gasteiger partial charge < -0.3 is 9.84 Å². The van der Waals surface area contributed by atoms with E-state index in [1.54, 1.807) is 0 Å². The summed E-state index contributed by atoms with van der Waals surface area (Å²) in [5.41, 5.74) is 0. The van der Waals surface area contributed by atoms with Crippen LogP contribution in [-0.4, -0.2) is 41.0 Å². The number of carboxylic acid groups (broad SMARTS) is 1. The molecule has 14 heavy (non-hydrogen) atoms. The Labute approximate surface area is 80.8 Å². The Morgan fingerprint density at radius 1 is 1.43 bits per heavy atom. The van der Waals surface area contributed by atoms with Gasteiger partial charge in [-0.1, -0.05) is 6.58 Å². The lowest BCUT2D eigenvalue weighted by molar-refractivity contribution is -0.147. The topological polar surface area (TPSA) is 83.9 Å². The number of hydrogen-bond donors (Lipinski definition) is 1. The predicted molar refractivity (Wildman–Crippen MR) is 46.2 cm³/mol. The van der Waals surface area contributed by atoms with Gasteiger partial charge in [0.15, 0.2) is 0 Å².